The van der Waals surface area contributed by atoms with Gasteiger partial charge in [-0.2, -0.15) is 5.10 Å². The van der Waals surface area contributed by atoms with Crippen LogP contribution in [-0.4, -0.2) is 16.7 Å². The molecule has 0 saturated carbocycles. The molecule has 1 aromatic carbocycles. The number of carbonyl (C=O) groups is 1. The zero-order valence-electron chi connectivity index (χ0n) is 10.7. The maximum Gasteiger partial charge on any atom is 0.272 e. The molecule has 0 aliphatic heterocycles. The average molecular weight is 273 g/mol. The van der Waals surface area contributed by atoms with E-state index in [0.717, 1.165) is 0 Å². The van der Waals surface area contributed by atoms with E-state index in [0.29, 0.717) is 11.1 Å². The van der Waals surface area contributed by atoms with E-state index in [1.807, 2.05) is 0 Å². The number of hydrogen-bond donors (Lipinski definition) is 1. The summed E-state index contributed by atoms with van der Waals surface area (Å²) >= 11 is 0. The van der Waals surface area contributed by atoms with E-state index >= 15 is 0 Å². The van der Waals surface area contributed by atoms with Crippen molar-refractivity contribution in [1.82, 2.24) is 9.99 Å². The third kappa shape index (κ3) is 3.38. The lowest BCUT2D eigenvalue weighted by Crippen LogP contribution is -2.22. The van der Waals surface area contributed by atoms with Gasteiger partial charge >= 0.3 is 0 Å². The number of nitrogens with zero attached hydrogens (tertiary/aromatic N) is 2. The molecule has 0 saturated heterocycles. The molecule has 0 aliphatic rings. The van der Waals surface area contributed by atoms with E-state index in [1.54, 1.807) is 7.05 Å². The lowest BCUT2D eigenvalue weighted by Gasteiger charge is -2.01. The molecule has 2 rings (SSSR count). The van der Waals surface area contributed by atoms with Gasteiger partial charge in [0.25, 0.3) is 5.91 Å². The Morgan fingerprint density at radius 1 is 1.25 bits per heavy atom. The van der Waals surface area contributed by atoms with Gasteiger partial charge in [0.05, 0.1) is 11.8 Å². The molecule has 1 aromatic heterocycles. The number of amides is 1. The molecule has 2 aromatic rings. The SMILES string of the molecule is Cn1cc(C(=O)N/N=C/c2ccc(F)cc2)ccc1=O. The van der Waals surface area contributed by atoms with E-state index in [4.69, 9.17) is 0 Å². The molecule has 0 radical (unpaired) electrons. The molecule has 0 unspecified atom stereocenters. The second kappa shape index (κ2) is 5.92. The highest BCUT2D eigenvalue weighted by molar-refractivity contribution is 5.94. The number of rotatable bonds is 3. The quantitative estimate of drug-likeness (QED) is 0.676. The Hall–Kier alpha value is -2.76. The van der Waals surface area contributed by atoms with E-state index in [-0.39, 0.29) is 11.4 Å². The summed E-state index contributed by atoms with van der Waals surface area (Å²) in [6.07, 6.45) is 2.82. The summed E-state index contributed by atoms with van der Waals surface area (Å²) < 4.78 is 14.0. The number of nitrogens with one attached hydrogen (secondary N) is 1. The fourth-order valence-corrected chi connectivity index (χ4v) is 1.51. The monoisotopic (exact) mass is 273 g/mol. The standard InChI is InChI=1S/C14H12FN3O2/c1-18-9-11(4-7-13(18)19)14(20)17-16-8-10-2-5-12(15)6-3-10/h2-9H,1H3,(H,17,20)/b16-8+. The Balaban J connectivity index is 2.03. The van der Waals surface area contributed by atoms with Crippen molar-refractivity contribution in [2.45, 2.75) is 0 Å². The third-order valence-corrected chi connectivity index (χ3v) is 2.60. The molecule has 0 atom stereocenters. The number of hydrogen-bond acceptors (Lipinski definition) is 3. The first-order valence-electron chi connectivity index (χ1n) is 5.82. The highest BCUT2D eigenvalue weighted by Gasteiger charge is 2.04. The van der Waals surface area contributed by atoms with Gasteiger partial charge in [0.1, 0.15) is 5.82 Å². The predicted octanol–water partition coefficient (Wildman–Crippen LogP) is 1.29. The van der Waals surface area contributed by atoms with Crippen LogP contribution in [0.2, 0.25) is 0 Å². The summed E-state index contributed by atoms with van der Waals surface area (Å²) in [6, 6.07) is 8.41. The number of aryl methyl sites for hydroxylation is 1. The van der Waals surface area contributed by atoms with Gasteiger partial charge < -0.3 is 4.57 Å². The van der Waals surface area contributed by atoms with Gasteiger partial charge in [0.2, 0.25) is 5.56 Å². The topological polar surface area (TPSA) is 63.5 Å². The number of hydrazone groups is 1. The second-order valence-corrected chi connectivity index (χ2v) is 4.12. The van der Waals surface area contributed by atoms with Crippen LogP contribution in [0.25, 0.3) is 0 Å². The van der Waals surface area contributed by atoms with Gasteiger partial charge in [-0.25, -0.2) is 9.82 Å². The van der Waals surface area contributed by atoms with Crippen LogP contribution >= 0.6 is 0 Å². The van der Waals surface area contributed by atoms with E-state index in [9.17, 15) is 14.0 Å². The summed E-state index contributed by atoms with van der Waals surface area (Å²) in [5, 5.41) is 3.77. The molecular weight excluding hydrogens is 261 g/mol. The maximum absolute atomic E-state index is 12.7. The summed E-state index contributed by atoms with van der Waals surface area (Å²) in [7, 11) is 1.56. The minimum atomic E-state index is -0.432. The van der Waals surface area contributed by atoms with E-state index in [1.165, 1.54) is 53.4 Å². The molecular formula is C14H12FN3O2. The average Bonchev–Trinajstić information content (AvgIpc) is 2.44. The Kier molecular flexibility index (Phi) is 4.05. The fourth-order valence-electron chi connectivity index (χ4n) is 1.51. The van der Waals surface area contributed by atoms with Crippen molar-refractivity contribution in [2.24, 2.45) is 12.1 Å². The molecule has 102 valence electrons. The zero-order chi connectivity index (χ0) is 14.5. The largest absolute Gasteiger partial charge is 0.318 e. The lowest BCUT2D eigenvalue weighted by molar-refractivity contribution is 0.0954. The number of carbonyl (C=O) groups excluding carboxylic acids is 1. The van der Waals surface area contributed by atoms with Crippen molar-refractivity contribution < 1.29 is 9.18 Å². The van der Waals surface area contributed by atoms with Crippen LogP contribution in [0.4, 0.5) is 4.39 Å². The van der Waals surface area contributed by atoms with Crippen LogP contribution in [-0.2, 0) is 7.05 Å². The normalized spacial score (nSPS) is 10.7. The summed E-state index contributed by atoms with van der Waals surface area (Å²) in [5.41, 5.74) is 3.11. The minimum absolute atomic E-state index is 0.198. The number of halogens is 1. The molecule has 5 nitrogen and oxygen atoms in total. The summed E-state index contributed by atoms with van der Waals surface area (Å²) in [5.74, 6) is -0.768. The number of pyridine rings is 1. The maximum atomic E-state index is 12.7. The highest BCUT2D eigenvalue weighted by Crippen LogP contribution is 2.00. The third-order valence-electron chi connectivity index (χ3n) is 2.60. The molecule has 6 heteroatoms. The molecule has 1 N–H and O–H groups in total. The van der Waals surface area contributed by atoms with E-state index in [2.05, 4.69) is 10.5 Å². The molecule has 0 fully saturated rings. The van der Waals surface area contributed by atoms with Crippen LogP contribution < -0.4 is 11.0 Å². The van der Waals surface area contributed by atoms with Crippen LogP contribution in [0, 0.1) is 5.82 Å². The van der Waals surface area contributed by atoms with Gasteiger partial charge in [0.15, 0.2) is 0 Å². The van der Waals surface area contributed by atoms with Gasteiger partial charge in [-0.05, 0) is 23.8 Å². The van der Waals surface area contributed by atoms with E-state index < -0.39 is 5.91 Å². The fraction of sp³-hybridized carbons (Fsp3) is 0.0714. The summed E-state index contributed by atoms with van der Waals surface area (Å²) in [6.45, 7) is 0. The first-order chi connectivity index (χ1) is 9.56. The molecule has 1 amide bonds. The zero-order valence-corrected chi connectivity index (χ0v) is 10.7. The predicted molar refractivity (Wildman–Crippen MR) is 73.1 cm³/mol. The van der Waals surface area contributed by atoms with Crippen molar-refractivity contribution >= 4 is 12.1 Å². The van der Waals surface area contributed by atoms with Crippen molar-refractivity contribution in [3.05, 3.63) is 69.9 Å². The van der Waals surface area contributed by atoms with Crippen molar-refractivity contribution in [2.75, 3.05) is 0 Å². The molecule has 0 spiro atoms. The second-order valence-electron chi connectivity index (χ2n) is 4.12. The smallest absolute Gasteiger partial charge is 0.272 e. The highest BCUT2D eigenvalue weighted by atomic mass is 19.1. The lowest BCUT2D eigenvalue weighted by atomic mass is 10.2. The van der Waals surface area contributed by atoms with Gasteiger partial charge in [0, 0.05) is 19.3 Å². The van der Waals surface area contributed by atoms with Crippen LogP contribution in [0.1, 0.15) is 15.9 Å². The Labute approximate surface area is 114 Å². The van der Waals surface area contributed by atoms with Gasteiger partial charge in [-0.15, -0.1) is 0 Å². The Morgan fingerprint density at radius 2 is 1.95 bits per heavy atom. The minimum Gasteiger partial charge on any atom is -0.318 e. The van der Waals surface area contributed by atoms with Crippen molar-refractivity contribution in [3.8, 4) is 0 Å². The van der Waals surface area contributed by atoms with Gasteiger partial charge in [-0.3, -0.25) is 9.59 Å². The van der Waals surface area contributed by atoms with Crippen molar-refractivity contribution in [3.63, 3.8) is 0 Å². The molecule has 1 heterocycles. The molecule has 0 bridgehead atoms. The van der Waals surface area contributed by atoms with Gasteiger partial charge in [-0.1, -0.05) is 12.1 Å². The molecule has 0 aliphatic carbocycles. The Morgan fingerprint density at radius 3 is 2.60 bits per heavy atom. The number of benzene rings is 1. The summed E-state index contributed by atoms with van der Waals surface area (Å²) in [4.78, 5) is 22.9. The molecule has 20 heavy (non-hydrogen) atoms. The number of aromatic nitrogens is 1. The van der Waals surface area contributed by atoms with Crippen molar-refractivity contribution in [1.29, 1.82) is 0 Å². The van der Waals surface area contributed by atoms with Crippen LogP contribution in [0.5, 0.6) is 0 Å². The Bertz CT molecular complexity index is 705. The van der Waals surface area contributed by atoms with Crippen LogP contribution in [0.15, 0.2) is 52.5 Å². The first-order valence-corrected chi connectivity index (χ1v) is 5.82. The first kappa shape index (κ1) is 13.7. The van der Waals surface area contributed by atoms with Crippen LogP contribution in [0.3, 0.4) is 0 Å².